The average Bonchev–Trinajstić information content (AvgIpc) is 2.57. The van der Waals surface area contributed by atoms with E-state index in [0.717, 1.165) is 4.47 Å². The lowest BCUT2D eigenvalue weighted by Gasteiger charge is -2.08. The number of methoxy groups -OCH3 is 1. The summed E-state index contributed by atoms with van der Waals surface area (Å²) >= 11 is 3.31. The van der Waals surface area contributed by atoms with Crippen molar-refractivity contribution < 1.29 is 17.9 Å². The molecule has 2 rings (SSSR count). The van der Waals surface area contributed by atoms with Crippen molar-refractivity contribution in [1.29, 1.82) is 0 Å². The monoisotopic (exact) mass is 412 g/mol. The van der Waals surface area contributed by atoms with Crippen LogP contribution in [0.1, 0.15) is 6.42 Å². The van der Waals surface area contributed by atoms with Gasteiger partial charge in [-0.25, -0.2) is 13.1 Å². The largest absolute Gasteiger partial charge is 0.497 e. The van der Waals surface area contributed by atoms with E-state index < -0.39 is 10.0 Å². The Hall–Kier alpha value is -1.90. The van der Waals surface area contributed by atoms with Gasteiger partial charge in [0.1, 0.15) is 5.75 Å². The van der Waals surface area contributed by atoms with Gasteiger partial charge < -0.3 is 10.1 Å². The molecule has 6 nitrogen and oxygen atoms in total. The van der Waals surface area contributed by atoms with E-state index in [1.807, 2.05) is 12.1 Å². The number of hydrogen-bond donors (Lipinski definition) is 2. The van der Waals surface area contributed by atoms with Gasteiger partial charge in [-0.3, -0.25) is 4.79 Å². The van der Waals surface area contributed by atoms with E-state index in [0.29, 0.717) is 11.4 Å². The normalized spacial score (nSPS) is 11.1. The van der Waals surface area contributed by atoms with Crippen molar-refractivity contribution in [3.63, 3.8) is 0 Å². The number of sulfonamides is 1. The molecule has 0 bridgehead atoms. The summed E-state index contributed by atoms with van der Waals surface area (Å²) in [5.74, 6) is 0.303. The molecular formula is C16H17BrN2O4S. The molecule has 0 radical (unpaired) electrons. The fraction of sp³-hybridized carbons (Fsp3) is 0.188. The highest BCUT2D eigenvalue weighted by Gasteiger charge is 2.14. The second-order valence-corrected chi connectivity index (χ2v) is 7.56. The third kappa shape index (κ3) is 5.33. The van der Waals surface area contributed by atoms with E-state index in [1.165, 1.54) is 19.2 Å². The van der Waals surface area contributed by atoms with Crippen molar-refractivity contribution in [2.24, 2.45) is 0 Å². The van der Waals surface area contributed by atoms with Gasteiger partial charge in [-0.15, -0.1) is 0 Å². The van der Waals surface area contributed by atoms with Crippen molar-refractivity contribution >= 4 is 37.5 Å². The number of benzene rings is 2. The maximum absolute atomic E-state index is 12.1. The van der Waals surface area contributed by atoms with Crippen molar-refractivity contribution in [3.05, 3.63) is 53.0 Å². The van der Waals surface area contributed by atoms with Crippen molar-refractivity contribution in [1.82, 2.24) is 4.72 Å². The van der Waals surface area contributed by atoms with Gasteiger partial charge in [-0.2, -0.15) is 0 Å². The minimum atomic E-state index is -3.65. The first-order valence-electron chi connectivity index (χ1n) is 7.10. The Morgan fingerprint density at radius 3 is 2.29 bits per heavy atom. The number of halogens is 1. The summed E-state index contributed by atoms with van der Waals surface area (Å²) < 4.78 is 32.5. The third-order valence-corrected chi connectivity index (χ3v) is 5.15. The smallest absolute Gasteiger partial charge is 0.240 e. The summed E-state index contributed by atoms with van der Waals surface area (Å²) in [5.41, 5.74) is 0.654. The molecule has 0 saturated heterocycles. The predicted molar refractivity (Wildman–Crippen MR) is 95.6 cm³/mol. The van der Waals surface area contributed by atoms with Crippen LogP contribution in [0.3, 0.4) is 0 Å². The SMILES string of the molecule is COc1ccc(S(=O)(=O)NCCC(=O)Nc2ccc(Br)cc2)cc1. The summed E-state index contributed by atoms with van der Waals surface area (Å²) in [7, 11) is -2.15. The van der Waals surface area contributed by atoms with Gasteiger partial charge in [0.25, 0.3) is 0 Å². The van der Waals surface area contributed by atoms with E-state index in [9.17, 15) is 13.2 Å². The Labute approximate surface area is 149 Å². The molecule has 128 valence electrons. The van der Waals surface area contributed by atoms with Gasteiger partial charge in [-0.05, 0) is 48.5 Å². The van der Waals surface area contributed by atoms with Crippen LogP contribution in [0, 0.1) is 0 Å². The zero-order valence-electron chi connectivity index (χ0n) is 13.0. The Morgan fingerprint density at radius 2 is 1.71 bits per heavy atom. The van der Waals surface area contributed by atoms with Gasteiger partial charge in [0.2, 0.25) is 15.9 Å². The fourth-order valence-electron chi connectivity index (χ4n) is 1.89. The molecule has 1 amide bonds. The first-order chi connectivity index (χ1) is 11.4. The summed E-state index contributed by atoms with van der Waals surface area (Å²) in [5, 5.41) is 2.70. The topological polar surface area (TPSA) is 84.5 Å². The molecule has 8 heteroatoms. The third-order valence-electron chi connectivity index (χ3n) is 3.14. The predicted octanol–water partition coefficient (Wildman–Crippen LogP) is 2.76. The first-order valence-corrected chi connectivity index (χ1v) is 9.37. The molecule has 0 aliphatic rings. The molecule has 0 aromatic heterocycles. The summed E-state index contributed by atoms with van der Waals surface area (Å²) in [4.78, 5) is 12.0. The van der Waals surface area contributed by atoms with E-state index in [1.54, 1.807) is 24.3 Å². The molecule has 24 heavy (non-hydrogen) atoms. The number of hydrogen-bond acceptors (Lipinski definition) is 4. The summed E-state index contributed by atoms with van der Waals surface area (Å²) in [6, 6.07) is 13.1. The van der Waals surface area contributed by atoms with Crippen molar-refractivity contribution in [2.75, 3.05) is 19.0 Å². The molecule has 0 aliphatic heterocycles. The molecule has 0 aliphatic carbocycles. The second-order valence-electron chi connectivity index (χ2n) is 4.88. The van der Waals surface area contributed by atoms with Gasteiger partial charge in [0.15, 0.2) is 0 Å². The number of carbonyl (C=O) groups excluding carboxylic acids is 1. The lowest BCUT2D eigenvalue weighted by molar-refractivity contribution is -0.116. The lowest BCUT2D eigenvalue weighted by Crippen LogP contribution is -2.27. The van der Waals surface area contributed by atoms with Crippen LogP contribution in [0.15, 0.2) is 57.9 Å². The fourth-order valence-corrected chi connectivity index (χ4v) is 3.19. The number of amides is 1. The zero-order chi connectivity index (χ0) is 17.6. The summed E-state index contributed by atoms with van der Waals surface area (Å²) in [6.45, 7) is 0.0106. The Bertz CT molecular complexity index is 790. The molecule has 2 aromatic carbocycles. The quantitative estimate of drug-likeness (QED) is 0.731. The van der Waals surface area contributed by atoms with Gasteiger partial charge in [0.05, 0.1) is 12.0 Å². The molecule has 2 aromatic rings. The number of nitrogens with one attached hydrogen (secondary N) is 2. The maximum atomic E-state index is 12.1. The van der Waals surface area contributed by atoms with Gasteiger partial charge >= 0.3 is 0 Å². The van der Waals surface area contributed by atoms with Crippen LogP contribution in [0.25, 0.3) is 0 Å². The minimum absolute atomic E-state index is 0.0106. The molecular weight excluding hydrogens is 396 g/mol. The highest BCUT2D eigenvalue weighted by molar-refractivity contribution is 9.10. The highest BCUT2D eigenvalue weighted by Crippen LogP contribution is 2.16. The number of ether oxygens (including phenoxy) is 1. The molecule has 0 unspecified atom stereocenters. The summed E-state index contributed by atoms with van der Waals surface area (Å²) in [6.07, 6.45) is 0.0332. The average molecular weight is 413 g/mol. The van der Waals surface area contributed by atoms with Crippen LogP contribution in [0.4, 0.5) is 5.69 Å². The Balaban J connectivity index is 1.85. The van der Waals surface area contributed by atoms with Crippen LogP contribution < -0.4 is 14.8 Å². The van der Waals surface area contributed by atoms with E-state index >= 15 is 0 Å². The first kappa shape index (κ1) is 18.4. The Morgan fingerprint density at radius 1 is 1.08 bits per heavy atom. The molecule has 0 atom stereocenters. The zero-order valence-corrected chi connectivity index (χ0v) is 15.4. The van der Waals surface area contributed by atoms with Crippen LogP contribution in [0.5, 0.6) is 5.75 Å². The molecule has 0 saturated carbocycles. The second kappa shape index (κ2) is 8.27. The van der Waals surface area contributed by atoms with E-state index in [2.05, 4.69) is 26.0 Å². The minimum Gasteiger partial charge on any atom is -0.497 e. The maximum Gasteiger partial charge on any atom is 0.240 e. The molecule has 2 N–H and O–H groups in total. The Kier molecular flexibility index (Phi) is 6.36. The van der Waals surface area contributed by atoms with E-state index in [-0.39, 0.29) is 23.8 Å². The van der Waals surface area contributed by atoms with Crippen LogP contribution in [0.2, 0.25) is 0 Å². The molecule has 0 fully saturated rings. The standard InChI is InChI=1S/C16H17BrN2O4S/c1-23-14-6-8-15(9-7-14)24(21,22)18-11-10-16(20)19-13-4-2-12(17)3-5-13/h2-9,18H,10-11H2,1H3,(H,19,20). The lowest BCUT2D eigenvalue weighted by atomic mass is 10.3. The van der Waals surface area contributed by atoms with Crippen molar-refractivity contribution in [2.45, 2.75) is 11.3 Å². The van der Waals surface area contributed by atoms with Crippen LogP contribution >= 0.6 is 15.9 Å². The number of rotatable bonds is 7. The molecule has 0 heterocycles. The molecule has 0 spiro atoms. The van der Waals surface area contributed by atoms with Gasteiger partial charge in [0, 0.05) is 23.1 Å². The van der Waals surface area contributed by atoms with Crippen LogP contribution in [-0.4, -0.2) is 28.0 Å². The van der Waals surface area contributed by atoms with Crippen molar-refractivity contribution in [3.8, 4) is 5.75 Å². The highest BCUT2D eigenvalue weighted by atomic mass is 79.9. The number of anilines is 1. The number of carbonyl (C=O) groups is 1. The van der Waals surface area contributed by atoms with Crippen LogP contribution in [-0.2, 0) is 14.8 Å². The van der Waals surface area contributed by atoms with Gasteiger partial charge in [-0.1, -0.05) is 15.9 Å². The van der Waals surface area contributed by atoms with E-state index in [4.69, 9.17) is 4.74 Å².